The largest absolute Gasteiger partial charge is 0.264 e. The van der Waals surface area contributed by atoms with Gasteiger partial charge < -0.3 is 0 Å². The van der Waals surface area contributed by atoms with Crippen molar-refractivity contribution in [2.75, 3.05) is 0 Å². The molecular formula is C14H11N. The summed E-state index contributed by atoms with van der Waals surface area (Å²) in [5, 5.41) is 5.10. The molecule has 0 aliphatic rings. The van der Waals surface area contributed by atoms with Crippen LogP contribution in [0.5, 0.6) is 0 Å². The molecule has 0 bridgehead atoms. The van der Waals surface area contributed by atoms with Crippen LogP contribution in [0.15, 0.2) is 48.8 Å². The fourth-order valence-corrected chi connectivity index (χ4v) is 2.09. The predicted octanol–water partition coefficient (Wildman–Crippen LogP) is 3.70. The van der Waals surface area contributed by atoms with Gasteiger partial charge in [-0.25, -0.2) is 0 Å². The Morgan fingerprint density at radius 3 is 2.73 bits per heavy atom. The van der Waals surface area contributed by atoms with Crippen molar-refractivity contribution in [2.45, 2.75) is 6.92 Å². The van der Waals surface area contributed by atoms with Gasteiger partial charge in [0.15, 0.2) is 0 Å². The maximum absolute atomic E-state index is 4.19. The molecule has 1 heteroatoms. The molecule has 0 unspecified atom stereocenters. The molecule has 0 spiro atoms. The lowest BCUT2D eigenvalue weighted by atomic mass is 10.0. The van der Waals surface area contributed by atoms with Crippen molar-refractivity contribution < 1.29 is 0 Å². The lowest BCUT2D eigenvalue weighted by Crippen LogP contribution is -1.81. The average molecular weight is 193 g/mol. The minimum Gasteiger partial charge on any atom is -0.264 e. The van der Waals surface area contributed by atoms with Crippen molar-refractivity contribution in [1.29, 1.82) is 0 Å². The fraction of sp³-hybridized carbons (Fsp3) is 0.0714. The Labute approximate surface area is 88.4 Å². The van der Waals surface area contributed by atoms with Crippen molar-refractivity contribution in [3.8, 4) is 0 Å². The summed E-state index contributed by atoms with van der Waals surface area (Å²) in [7, 11) is 0. The number of pyridine rings is 1. The third-order valence-electron chi connectivity index (χ3n) is 2.90. The molecule has 0 saturated carbocycles. The van der Waals surface area contributed by atoms with Crippen LogP contribution in [0.3, 0.4) is 0 Å². The minimum atomic E-state index is 1.23. The van der Waals surface area contributed by atoms with Crippen LogP contribution in [0.4, 0.5) is 0 Å². The zero-order valence-corrected chi connectivity index (χ0v) is 8.57. The summed E-state index contributed by atoms with van der Waals surface area (Å²) in [6, 6.07) is 12.8. The zero-order valence-electron chi connectivity index (χ0n) is 8.57. The van der Waals surface area contributed by atoms with E-state index in [-0.39, 0.29) is 0 Å². The van der Waals surface area contributed by atoms with Crippen LogP contribution in [-0.2, 0) is 0 Å². The van der Waals surface area contributed by atoms with Crippen LogP contribution in [0.2, 0.25) is 0 Å². The van der Waals surface area contributed by atoms with Gasteiger partial charge in [-0.3, -0.25) is 4.98 Å². The van der Waals surface area contributed by atoms with Gasteiger partial charge in [-0.2, -0.15) is 0 Å². The van der Waals surface area contributed by atoms with E-state index >= 15 is 0 Å². The minimum absolute atomic E-state index is 1.23. The number of hydrogen-bond donors (Lipinski definition) is 0. The maximum Gasteiger partial charge on any atom is 0.0352 e. The Morgan fingerprint density at radius 1 is 0.867 bits per heavy atom. The van der Waals surface area contributed by atoms with Crippen LogP contribution in [-0.4, -0.2) is 4.98 Å². The molecule has 0 amide bonds. The number of aryl methyl sites for hydroxylation is 1. The summed E-state index contributed by atoms with van der Waals surface area (Å²) in [6.07, 6.45) is 3.78. The lowest BCUT2D eigenvalue weighted by Gasteiger charge is -2.05. The van der Waals surface area contributed by atoms with Crippen molar-refractivity contribution in [3.05, 3.63) is 54.4 Å². The fourth-order valence-electron chi connectivity index (χ4n) is 2.09. The normalized spacial score (nSPS) is 11.0. The molecule has 0 aliphatic carbocycles. The van der Waals surface area contributed by atoms with E-state index < -0.39 is 0 Å². The van der Waals surface area contributed by atoms with Crippen LogP contribution in [0.25, 0.3) is 21.5 Å². The SMILES string of the molecule is Cc1cccc2c1ccc1ccncc12. The van der Waals surface area contributed by atoms with Gasteiger partial charge in [-0.15, -0.1) is 0 Å². The van der Waals surface area contributed by atoms with Gasteiger partial charge in [0.2, 0.25) is 0 Å². The van der Waals surface area contributed by atoms with Crippen molar-refractivity contribution in [1.82, 2.24) is 4.98 Å². The van der Waals surface area contributed by atoms with Gasteiger partial charge in [0.1, 0.15) is 0 Å². The molecule has 0 saturated heterocycles. The Bertz CT molecular complexity index is 641. The summed E-state index contributed by atoms with van der Waals surface area (Å²) in [4.78, 5) is 4.19. The van der Waals surface area contributed by atoms with E-state index in [4.69, 9.17) is 0 Å². The molecule has 1 nitrogen and oxygen atoms in total. The summed E-state index contributed by atoms with van der Waals surface area (Å²) in [5.74, 6) is 0. The second-order valence-electron chi connectivity index (χ2n) is 3.83. The van der Waals surface area contributed by atoms with Gasteiger partial charge >= 0.3 is 0 Å². The van der Waals surface area contributed by atoms with Gasteiger partial charge in [0.25, 0.3) is 0 Å². The van der Waals surface area contributed by atoms with Gasteiger partial charge in [-0.1, -0.05) is 30.3 Å². The first-order chi connectivity index (χ1) is 7.36. The Balaban J connectivity index is 2.60. The van der Waals surface area contributed by atoms with Crippen LogP contribution < -0.4 is 0 Å². The summed E-state index contributed by atoms with van der Waals surface area (Å²) >= 11 is 0. The number of rotatable bonds is 0. The molecule has 0 fully saturated rings. The van der Waals surface area contributed by atoms with E-state index in [1.165, 1.54) is 27.1 Å². The van der Waals surface area contributed by atoms with E-state index in [0.29, 0.717) is 0 Å². The highest BCUT2D eigenvalue weighted by molar-refractivity contribution is 6.07. The Morgan fingerprint density at radius 2 is 1.80 bits per heavy atom. The summed E-state index contributed by atoms with van der Waals surface area (Å²) in [5.41, 5.74) is 1.32. The van der Waals surface area contributed by atoms with E-state index in [0.717, 1.165) is 0 Å². The number of fused-ring (bicyclic) bond motifs is 3. The standard InChI is InChI=1S/C14H11N/c1-10-3-2-4-13-12(10)6-5-11-7-8-15-9-14(11)13/h2-9H,1H3. The molecule has 0 radical (unpaired) electrons. The second kappa shape index (κ2) is 3.06. The van der Waals surface area contributed by atoms with Gasteiger partial charge in [0.05, 0.1) is 0 Å². The highest BCUT2D eigenvalue weighted by Crippen LogP contribution is 2.26. The highest BCUT2D eigenvalue weighted by Gasteiger charge is 2.01. The first-order valence-corrected chi connectivity index (χ1v) is 5.08. The molecule has 1 aromatic heterocycles. The maximum atomic E-state index is 4.19. The van der Waals surface area contributed by atoms with Crippen LogP contribution in [0, 0.1) is 6.92 Å². The van der Waals surface area contributed by atoms with E-state index in [2.05, 4.69) is 48.3 Å². The number of hydrogen-bond acceptors (Lipinski definition) is 1. The van der Waals surface area contributed by atoms with Crippen molar-refractivity contribution in [2.24, 2.45) is 0 Å². The van der Waals surface area contributed by atoms with E-state index in [1.54, 1.807) is 0 Å². The van der Waals surface area contributed by atoms with Gasteiger partial charge in [-0.05, 0) is 34.7 Å². The Hall–Kier alpha value is -1.89. The smallest absolute Gasteiger partial charge is 0.0352 e. The molecule has 1 heterocycles. The summed E-state index contributed by atoms with van der Waals surface area (Å²) in [6.45, 7) is 2.14. The molecule has 3 aromatic rings. The Kier molecular flexibility index (Phi) is 1.72. The van der Waals surface area contributed by atoms with E-state index in [9.17, 15) is 0 Å². The topological polar surface area (TPSA) is 12.9 Å². The highest BCUT2D eigenvalue weighted by atomic mass is 14.6. The van der Waals surface area contributed by atoms with Crippen molar-refractivity contribution >= 4 is 21.5 Å². The molecule has 2 aromatic carbocycles. The quantitative estimate of drug-likeness (QED) is 0.496. The first-order valence-electron chi connectivity index (χ1n) is 5.08. The first kappa shape index (κ1) is 8.42. The average Bonchev–Trinajstić information content (AvgIpc) is 2.29. The number of benzene rings is 2. The second-order valence-corrected chi connectivity index (χ2v) is 3.83. The van der Waals surface area contributed by atoms with Crippen molar-refractivity contribution in [3.63, 3.8) is 0 Å². The molecule has 3 rings (SSSR count). The molecule has 0 N–H and O–H groups in total. The van der Waals surface area contributed by atoms with E-state index in [1.807, 2.05) is 12.4 Å². The molecular weight excluding hydrogens is 182 g/mol. The zero-order chi connectivity index (χ0) is 10.3. The summed E-state index contributed by atoms with van der Waals surface area (Å²) < 4.78 is 0. The lowest BCUT2D eigenvalue weighted by molar-refractivity contribution is 1.37. The molecule has 0 atom stereocenters. The van der Waals surface area contributed by atoms with Crippen LogP contribution >= 0.6 is 0 Å². The molecule has 72 valence electrons. The predicted molar refractivity (Wildman–Crippen MR) is 64.0 cm³/mol. The number of aromatic nitrogens is 1. The molecule has 0 aliphatic heterocycles. The van der Waals surface area contributed by atoms with Gasteiger partial charge in [0, 0.05) is 17.8 Å². The third kappa shape index (κ3) is 1.20. The van der Waals surface area contributed by atoms with Crippen LogP contribution in [0.1, 0.15) is 5.56 Å². The number of nitrogens with zero attached hydrogens (tertiary/aromatic N) is 1. The third-order valence-corrected chi connectivity index (χ3v) is 2.90. The molecule has 15 heavy (non-hydrogen) atoms. The monoisotopic (exact) mass is 193 g/mol.